The summed E-state index contributed by atoms with van der Waals surface area (Å²) in [5.41, 5.74) is 4.11. The SMILES string of the molecule is Cc1c(C(O)CN2CCC3(CC2)CCN(c2nccnc2C#N)CC3)ccc2c1COC2=O. The maximum Gasteiger partial charge on any atom is 0.338 e. The third-order valence-electron chi connectivity index (χ3n) is 7.82. The van der Waals surface area contributed by atoms with Crippen molar-refractivity contribution in [3.63, 3.8) is 0 Å². The molecule has 2 fully saturated rings. The molecule has 3 aliphatic heterocycles. The van der Waals surface area contributed by atoms with Crippen molar-refractivity contribution in [1.82, 2.24) is 14.9 Å². The number of aromatic nitrogens is 2. The van der Waals surface area contributed by atoms with E-state index in [0.717, 1.165) is 68.6 Å². The number of aliphatic hydroxyl groups is 1. The maximum absolute atomic E-state index is 11.8. The number of anilines is 1. The number of piperidine rings is 2. The molecule has 2 aromatic rings. The van der Waals surface area contributed by atoms with Crippen molar-refractivity contribution in [1.29, 1.82) is 5.26 Å². The van der Waals surface area contributed by atoms with Gasteiger partial charge in [-0.1, -0.05) is 6.07 Å². The highest BCUT2D eigenvalue weighted by Crippen LogP contribution is 2.42. The number of rotatable bonds is 4. The number of carbonyl (C=O) groups excluding carboxylic acids is 1. The molecule has 1 aromatic carbocycles. The zero-order valence-electron chi connectivity index (χ0n) is 19.0. The number of esters is 1. The van der Waals surface area contributed by atoms with Crippen LogP contribution >= 0.6 is 0 Å². The Balaban J connectivity index is 1.17. The van der Waals surface area contributed by atoms with Gasteiger partial charge in [0.15, 0.2) is 11.5 Å². The van der Waals surface area contributed by atoms with Crippen LogP contribution in [0.4, 0.5) is 5.82 Å². The molecule has 172 valence electrons. The smallest absolute Gasteiger partial charge is 0.338 e. The number of ether oxygens (including phenoxy) is 1. The summed E-state index contributed by atoms with van der Waals surface area (Å²) in [5, 5.41) is 20.3. The van der Waals surface area contributed by atoms with E-state index in [1.807, 2.05) is 13.0 Å². The van der Waals surface area contributed by atoms with Gasteiger partial charge in [-0.2, -0.15) is 5.26 Å². The largest absolute Gasteiger partial charge is 0.457 e. The van der Waals surface area contributed by atoms with E-state index >= 15 is 0 Å². The number of benzene rings is 1. The van der Waals surface area contributed by atoms with Crippen LogP contribution in [0, 0.1) is 23.7 Å². The molecule has 0 saturated carbocycles. The van der Waals surface area contributed by atoms with Gasteiger partial charge in [0.05, 0.1) is 11.7 Å². The number of likely N-dealkylation sites (tertiary alicyclic amines) is 1. The Labute approximate surface area is 193 Å². The van der Waals surface area contributed by atoms with Crippen molar-refractivity contribution in [2.24, 2.45) is 5.41 Å². The third-order valence-corrected chi connectivity index (χ3v) is 7.82. The Morgan fingerprint density at radius 3 is 2.58 bits per heavy atom. The highest BCUT2D eigenvalue weighted by atomic mass is 16.5. The van der Waals surface area contributed by atoms with Crippen molar-refractivity contribution >= 4 is 11.8 Å². The zero-order chi connectivity index (χ0) is 23.0. The Bertz CT molecular complexity index is 1090. The van der Waals surface area contributed by atoms with Crippen LogP contribution in [0.15, 0.2) is 24.5 Å². The Hall–Kier alpha value is -3.02. The van der Waals surface area contributed by atoms with Gasteiger partial charge in [0.1, 0.15) is 12.7 Å². The average Bonchev–Trinajstić information content (AvgIpc) is 3.23. The van der Waals surface area contributed by atoms with Gasteiger partial charge in [-0.05, 0) is 68.3 Å². The van der Waals surface area contributed by atoms with E-state index in [1.54, 1.807) is 18.5 Å². The van der Waals surface area contributed by atoms with Crippen LogP contribution in [0.2, 0.25) is 0 Å². The lowest BCUT2D eigenvalue weighted by Crippen LogP contribution is -2.47. The number of carbonyl (C=O) groups is 1. The summed E-state index contributed by atoms with van der Waals surface area (Å²) >= 11 is 0. The van der Waals surface area contributed by atoms with Crippen LogP contribution in [0.25, 0.3) is 0 Å². The monoisotopic (exact) mass is 447 g/mol. The van der Waals surface area contributed by atoms with E-state index in [-0.39, 0.29) is 5.97 Å². The molecule has 1 unspecified atom stereocenters. The standard InChI is InChI=1S/C25H29N5O3/c1-17-18(2-3-19-20(17)16-33-24(19)32)22(31)15-29-10-4-25(5-11-29)6-12-30(13-7-25)23-21(14-26)27-8-9-28-23/h2-3,8-9,22,31H,4-7,10-13,15-16H2,1H3. The highest BCUT2D eigenvalue weighted by Gasteiger charge is 2.38. The van der Waals surface area contributed by atoms with Crippen LogP contribution in [-0.4, -0.2) is 58.7 Å². The first-order chi connectivity index (χ1) is 16.0. The molecular formula is C25H29N5O3. The number of nitriles is 1. The number of hydrogen-bond acceptors (Lipinski definition) is 8. The Morgan fingerprint density at radius 1 is 1.15 bits per heavy atom. The first kappa shape index (κ1) is 21.8. The van der Waals surface area contributed by atoms with Crippen molar-refractivity contribution < 1.29 is 14.6 Å². The third kappa shape index (κ3) is 4.07. The quantitative estimate of drug-likeness (QED) is 0.714. The lowest BCUT2D eigenvalue weighted by atomic mass is 9.71. The normalized spacial score (nSPS) is 20.9. The highest BCUT2D eigenvalue weighted by molar-refractivity contribution is 5.93. The van der Waals surface area contributed by atoms with Crippen LogP contribution in [0.1, 0.15) is 64.5 Å². The summed E-state index contributed by atoms with van der Waals surface area (Å²) in [7, 11) is 0. The molecular weight excluding hydrogens is 418 g/mol. The summed E-state index contributed by atoms with van der Waals surface area (Å²) in [5.74, 6) is 0.428. The molecule has 5 rings (SSSR count). The topological polar surface area (TPSA) is 103 Å². The molecule has 2 saturated heterocycles. The molecule has 8 heteroatoms. The molecule has 3 aliphatic rings. The molecule has 8 nitrogen and oxygen atoms in total. The minimum absolute atomic E-state index is 0.273. The lowest BCUT2D eigenvalue weighted by molar-refractivity contribution is 0.0447. The summed E-state index contributed by atoms with van der Waals surface area (Å²) in [6.07, 6.45) is 7.04. The molecule has 0 amide bonds. The van der Waals surface area contributed by atoms with Crippen molar-refractivity contribution in [3.05, 3.63) is 52.5 Å². The molecule has 33 heavy (non-hydrogen) atoms. The molecule has 4 heterocycles. The van der Waals surface area contributed by atoms with E-state index in [9.17, 15) is 15.2 Å². The zero-order valence-corrected chi connectivity index (χ0v) is 19.0. The summed E-state index contributed by atoms with van der Waals surface area (Å²) < 4.78 is 5.14. The molecule has 1 N–H and O–H groups in total. The fourth-order valence-corrected chi connectivity index (χ4v) is 5.62. The van der Waals surface area contributed by atoms with Crippen LogP contribution in [-0.2, 0) is 11.3 Å². The van der Waals surface area contributed by atoms with Gasteiger partial charge >= 0.3 is 5.97 Å². The number of hydrogen-bond donors (Lipinski definition) is 1. The predicted molar refractivity (Wildman–Crippen MR) is 122 cm³/mol. The second-order valence-electron chi connectivity index (χ2n) is 9.53. The Morgan fingerprint density at radius 2 is 1.85 bits per heavy atom. The fourth-order valence-electron chi connectivity index (χ4n) is 5.62. The lowest BCUT2D eigenvalue weighted by Gasteiger charge is -2.47. The van der Waals surface area contributed by atoms with Gasteiger partial charge < -0.3 is 19.6 Å². The second-order valence-corrected chi connectivity index (χ2v) is 9.53. The number of nitrogens with zero attached hydrogens (tertiary/aromatic N) is 5. The van der Waals surface area contributed by atoms with Gasteiger partial charge in [0, 0.05) is 37.6 Å². The second kappa shape index (κ2) is 8.73. The van der Waals surface area contributed by atoms with Crippen LogP contribution in [0.3, 0.4) is 0 Å². The predicted octanol–water partition coefficient (Wildman–Crippen LogP) is 2.74. The minimum Gasteiger partial charge on any atom is -0.457 e. The first-order valence-corrected chi connectivity index (χ1v) is 11.7. The van der Waals surface area contributed by atoms with Gasteiger partial charge in [0.2, 0.25) is 0 Å². The maximum atomic E-state index is 11.8. The number of cyclic esters (lactones) is 1. The number of fused-ring (bicyclic) bond motifs is 1. The molecule has 1 atom stereocenters. The van der Waals surface area contributed by atoms with Crippen molar-refractivity contribution in [2.45, 2.75) is 45.3 Å². The molecule has 0 aliphatic carbocycles. The van der Waals surface area contributed by atoms with E-state index in [4.69, 9.17) is 4.74 Å². The van der Waals surface area contributed by atoms with E-state index in [1.165, 1.54) is 0 Å². The fraction of sp³-hybridized carbons (Fsp3) is 0.520. The van der Waals surface area contributed by atoms with E-state index in [2.05, 4.69) is 25.8 Å². The van der Waals surface area contributed by atoms with E-state index in [0.29, 0.717) is 35.6 Å². The van der Waals surface area contributed by atoms with Crippen LogP contribution in [0.5, 0.6) is 0 Å². The average molecular weight is 448 g/mol. The molecule has 0 bridgehead atoms. The number of β-amino-alcohol motifs (C(OH)–C–C–N with tert-alkyl or cyclic N) is 1. The summed E-state index contributed by atoms with van der Waals surface area (Å²) in [6.45, 7) is 6.59. The number of aliphatic hydroxyl groups excluding tert-OH is 1. The molecule has 0 radical (unpaired) electrons. The van der Waals surface area contributed by atoms with Crippen molar-refractivity contribution in [3.8, 4) is 6.07 Å². The first-order valence-electron chi connectivity index (χ1n) is 11.7. The Kier molecular flexibility index (Phi) is 5.77. The van der Waals surface area contributed by atoms with Gasteiger partial charge in [0.25, 0.3) is 0 Å². The van der Waals surface area contributed by atoms with E-state index < -0.39 is 6.10 Å². The van der Waals surface area contributed by atoms with Gasteiger partial charge in [-0.15, -0.1) is 0 Å². The van der Waals surface area contributed by atoms with Crippen molar-refractivity contribution in [2.75, 3.05) is 37.6 Å². The minimum atomic E-state index is -0.581. The summed E-state index contributed by atoms with van der Waals surface area (Å²) in [6, 6.07) is 5.80. The van der Waals surface area contributed by atoms with Crippen LogP contribution < -0.4 is 4.90 Å². The summed E-state index contributed by atoms with van der Waals surface area (Å²) in [4.78, 5) is 24.9. The van der Waals surface area contributed by atoms with Gasteiger partial charge in [-0.3, -0.25) is 0 Å². The van der Waals surface area contributed by atoms with Gasteiger partial charge in [-0.25, -0.2) is 14.8 Å². The molecule has 1 spiro atoms. The molecule has 1 aromatic heterocycles.